The number of methoxy groups -OCH3 is 3. The number of ether oxygens (including phenoxy) is 3. The number of rotatable bonds is 2. The van der Waals surface area contributed by atoms with Crippen LogP contribution in [-0.4, -0.2) is 56.8 Å². The number of nitrogens with zero attached hydrogens (tertiary/aromatic N) is 1. The third-order valence-electron chi connectivity index (χ3n) is 6.72. The van der Waals surface area contributed by atoms with Crippen molar-refractivity contribution in [3.63, 3.8) is 0 Å². The van der Waals surface area contributed by atoms with Crippen molar-refractivity contribution in [2.45, 2.75) is 18.9 Å². The topological polar surface area (TPSA) is 82.1 Å². The lowest BCUT2D eigenvalue weighted by molar-refractivity contribution is -0.372. The summed E-state index contributed by atoms with van der Waals surface area (Å²) < 4.78 is 14.9. The predicted molar refractivity (Wildman–Crippen MR) is 71.5 cm³/mol. The van der Waals surface area contributed by atoms with Crippen molar-refractivity contribution in [2.24, 2.45) is 28.6 Å². The van der Waals surface area contributed by atoms with Gasteiger partial charge in [0.1, 0.15) is 5.41 Å². The molecule has 0 unspecified atom stereocenters. The van der Waals surface area contributed by atoms with E-state index in [0.29, 0.717) is 13.0 Å². The number of esters is 2. The molecule has 7 aliphatic rings. The summed E-state index contributed by atoms with van der Waals surface area (Å²) in [5.41, 5.74) is -1.75. The summed E-state index contributed by atoms with van der Waals surface area (Å²) in [6, 6.07) is -0.310. The minimum Gasteiger partial charge on any atom is -0.469 e. The largest absolute Gasteiger partial charge is 0.469 e. The number of carbonyl (C=O) groups excluding carboxylic acids is 3. The van der Waals surface area contributed by atoms with Crippen molar-refractivity contribution in [3.05, 3.63) is 0 Å². The van der Waals surface area contributed by atoms with Gasteiger partial charge in [-0.05, 0) is 30.6 Å². The lowest BCUT2D eigenvalue weighted by atomic mass is 9.19. The lowest BCUT2D eigenvalue weighted by Gasteiger charge is -2.84. The highest BCUT2D eigenvalue weighted by Gasteiger charge is 2.94. The zero-order chi connectivity index (χ0) is 15.9. The van der Waals surface area contributed by atoms with Crippen LogP contribution in [0.5, 0.6) is 0 Å². The van der Waals surface area contributed by atoms with Crippen molar-refractivity contribution < 1.29 is 28.6 Å². The Hall–Kier alpha value is -1.79. The highest BCUT2D eigenvalue weighted by molar-refractivity contribution is 5.97. The first kappa shape index (κ1) is 13.8. The van der Waals surface area contributed by atoms with Crippen LogP contribution in [0.25, 0.3) is 0 Å². The molecule has 1 amide bonds. The second-order valence-corrected chi connectivity index (χ2v) is 6.80. The molecule has 2 heterocycles. The molecule has 6 bridgehead atoms. The van der Waals surface area contributed by atoms with Gasteiger partial charge >= 0.3 is 18.0 Å². The van der Waals surface area contributed by atoms with Crippen molar-refractivity contribution in [1.29, 1.82) is 0 Å². The van der Waals surface area contributed by atoms with Gasteiger partial charge in [-0.1, -0.05) is 0 Å². The fraction of sp³-hybridized carbons (Fsp3) is 0.800. The minimum absolute atomic E-state index is 0.0399. The molecular weight excluding hydrogens is 290 g/mol. The van der Waals surface area contributed by atoms with Crippen LogP contribution in [0.4, 0.5) is 4.79 Å². The van der Waals surface area contributed by atoms with Gasteiger partial charge in [-0.15, -0.1) is 0 Å². The Kier molecular flexibility index (Phi) is 2.48. The zero-order valence-electron chi connectivity index (χ0n) is 12.8. The van der Waals surface area contributed by atoms with Crippen LogP contribution in [0.2, 0.25) is 0 Å². The van der Waals surface area contributed by atoms with Crippen molar-refractivity contribution in [2.75, 3.05) is 27.9 Å². The summed E-state index contributed by atoms with van der Waals surface area (Å²) in [5.74, 6) is -0.467. The molecule has 0 aromatic heterocycles. The van der Waals surface area contributed by atoms with Gasteiger partial charge < -0.3 is 19.1 Å². The molecule has 0 N–H and O–H groups in total. The molecule has 6 atom stereocenters. The third kappa shape index (κ3) is 1.03. The van der Waals surface area contributed by atoms with Crippen LogP contribution < -0.4 is 0 Å². The molecule has 0 spiro atoms. The van der Waals surface area contributed by atoms with E-state index < -0.39 is 22.9 Å². The Morgan fingerprint density at radius 2 is 1.68 bits per heavy atom. The van der Waals surface area contributed by atoms with E-state index >= 15 is 0 Å². The average Bonchev–Trinajstić information content (AvgIpc) is 2.54. The highest BCUT2D eigenvalue weighted by Crippen LogP contribution is 2.85. The average molecular weight is 309 g/mol. The Balaban J connectivity index is 1.82. The van der Waals surface area contributed by atoms with E-state index in [9.17, 15) is 14.4 Å². The standard InChI is InChI=1S/C15H19NO6/c1-20-11(17)14-5-9-7-4-8(14)10(15(9,14)12(18)21-2)16(6-7)13(19)22-3/h7-10H,4-6H2,1-3H3/t7-,8-,9+,10-,14+,15-/m1/s1. The number of hydrogen-bond donors (Lipinski definition) is 0. The number of amides is 1. The monoisotopic (exact) mass is 309 g/mol. The summed E-state index contributed by atoms with van der Waals surface area (Å²) in [6.07, 6.45) is 1.08. The summed E-state index contributed by atoms with van der Waals surface area (Å²) >= 11 is 0. The fourth-order valence-electron chi connectivity index (χ4n) is 6.21. The van der Waals surface area contributed by atoms with Crippen molar-refractivity contribution in [3.8, 4) is 0 Å². The molecule has 7 rings (SSSR count). The van der Waals surface area contributed by atoms with Crippen LogP contribution in [0.1, 0.15) is 12.8 Å². The molecule has 5 aliphatic carbocycles. The molecule has 2 aliphatic heterocycles. The van der Waals surface area contributed by atoms with Gasteiger partial charge in [0.05, 0.1) is 32.8 Å². The molecule has 0 aromatic rings. The Morgan fingerprint density at radius 3 is 2.27 bits per heavy atom. The summed E-state index contributed by atoms with van der Waals surface area (Å²) in [6.45, 7) is 0.592. The molecule has 5 saturated carbocycles. The van der Waals surface area contributed by atoms with Crippen LogP contribution in [0, 0.1) is 28.6 Å². The molecular formula is C15H19NO6. The first-order chi connectivity index (χ1) is 10.5. The molecule has 22 heavy (non-hydrogen) atoms. The maximum absolute atomic E-state index is 12.6. The second-order valence-electron chi connectivity index (χ2n) is 6.80. The highest BCUT2D eigenvalue weighted by atomic mass is 16.5. The van der Waals surface area contributed by atoms with Gasteiger partial charge in [-0.25, -0.2) is 4.79 Å². The number of hydrogen-bond acceptors (Lipinski definition) is 6. The van der Waals surface area contributed by atoms with Crippen LogP contribution in [0.15, 0.2) is 0 Å². The van der Waals surface area contributed by atoms with Crippen LogP contribution in [-0.2, 0) is 23.8 Å². The summed E-state index contributed by atoms with van der Waals surface area (Å²) in [5, 5.41) is 0. The van der Waals surface area contributed by atoms with Crippen LogP contribution >= 0.6 is 0 Å². The molecule has 2 saturated heterocycles. The van der Waals surface area contributed by atoms with Gasteiger partial charge in [0.2, 0.25) is 0 Å². The Labute approximate surface area is 127 Å². The van der Waals surface area contributed by atoms with Gasteiger partial charge in [0.25, 0.3) is 0 Å². The Morgan fingerprint density at radius 1 is 1.00 bits per heavy atom. The van der Waals surface area contributed by atoms with Crippen molar-refractivity contribution in [1.82, 2.24) is 4.90 Å². The van der Waals surface area contributed by atoms with E-state index in [-0.39, 0.29) is 29.8 Å². The maximum atomic E-state index is 12.6. The number of piperidine rings is 2. The van der Waals surface area contributed by atoms with Gasteiger partial charge in [-0.3, -0.25) is 9.59 Å². The normalized spacial score (nSPS) is 46.2. The molecule has 0 aromatic carbocycles. The first-order valence-corrected chi connectivity index (χ1v) is 7.52. The third-order valence-corrected chi connectivity index (χ3v) is 6.72. The first-order valence-electron chi connectivity index (χ1n) is 7.52. The quantitative estimate of drug-likeness (QED) is 0.543. The van der Waals surface area contributed by atoms with E-state index in [4.69, 9.17) is 14.2 Å². The van der Waals surface area contributed by atoms with Crippen molar-refractivity contribution >= 4 is 18.0 Å². The van der Waals surface area contributed by atoms with E-state index in [1.165, 1.54) is 21.3 Å². The molecule has 7 nitrogen and oxygen atoms in total. The zero-order valence-corrected chi connectivity index (χ0v) is 12.8. The van der Waals surface area contributed by atoms with Crippen LogP contribution in [0.3, 0.4) is 0 Å². The fourth-order valence-corrected chi connectivity index (χ4v) is 6.21. The molecule has 7 heteroatoms. The van der Waals surface area contributed by atoms with Gasteiger partial charge in [0.15, 0.2) is 0 Å². The maximum Gasteiger partial charge on any atom is 0.409 e. The molecule has 0 radical (unpaired) electrons. The van der Waals surface area contributed by atoms with E-state index in [2.05, 4.69) is 0 Å². The predicted octanol–water partition coefficient (Wildman–Crippen LogP) is 0.425. The van der Waals surface area contributed by atoms with E-state index in [1.807, 2.05) is 0 Å². The Bertz CT molecular complexity index is 591. The molecule has 120 valence electrons. The summed E-state index contributed by atoms with van der Waals surface area (Å²) in [7, 11) is 4.01. The van der Waals surface area contributed by atoms with Gasteiger partial charge in [0, 0.05) is 6.54 Å². The lowest BCUT2D eigenvalue weighted by Crippen LogP contribution is -2.94. The number of fused-ring (bicyclic) bond motifs is 1. The van der Waals surface area contributed by atoms with E-state index in [0.717, 1.165) is 6.42 Å². The summed E-state index contributed by atoms with van der Waals surface area (Å²) in [4.78, 5) is 38.8. The van der Waals surface area contributed by atoms with Gasteiger partial charge in [-0.2, -0.15) is 0 Å². The molecule has 7 fully saturated rings. The smallest absolute Gasteiger partial charge is 0.409 e. The second kappa shape index (κ2) is 3.94. The SMILES string of the molecule is COC(=O)N1C[C@H]2C[C@@H]3[C@@H]1[C@@]1(C(=O)OC)[C@H]2C[C@@]31C(=O)OC. The van der Waals surface area contributed by atoms with E-state index in [1.54, 1.807) is 4.90 Å². The number of carbonyl (C=O) groups is 3. The minimum atomic E-state index is -0.936.